The van der Waals surface area contributed by atoms with Gasteiger partial charge in [-0.25, -0.2) is 0 Å². The fraction of sp³-hybridized carbons (Fsp3) is 0.231. The summed E-state index contributed by atoms with van der Waals surface area (Å²) in [6.45, 7) is 1.79. The predicted octanol–water partition coefficient (Wildman–Crippen LogP) is 2.17. The van der Waals surface area contributed by atoms with Crippen LogP contribution in [0.3, 0.4) is 0 Å². The zero-order valence-electron chi connectivity index (χ0n) is 9.27. The van der Waals surface area contributed by atoms with E-state index in [1.165, 1.54) is 22.5 Å². The van der Waals surface area contributed by atoms with Crippen LogP contribution in [0, 0.1) is 0 Å². The van der Waals surface area contributed by atoms with E-state index in [1.54, 1.807) is 11.7 Å². The van der Waals surface area contributed by atoms with Gasteiger partial charge in [-0.15, -0.1) is 11.3 Å². The summed E-state index contributed by atoms with van der Waals surface area (Å²) >= 11 is 1.53. The quantitative estimate of drug-likeness (QED) is 0.841. The van der Waals surface area contributed by atoms with Gasteiger partial charge in [0.05, 0.1) is 5.51 Å². The number of fused-ring (bicyclic) bond motifs is 1. The molecule has 0 bridgehead atoms. The number of nitrogens with one attached hydrogen (secondary N) is 1. The fourth-order valence-corrected chi connectivity index (χ4v) is 2.65. The van der Waals surface area contributed by atoms with Crippen molar-refractivity contribution in [1.82, 2.24) is 10.3 Å². The number of aromatic nitrogens is 1. The van der Waals surface area contributed by atoms with Gasteiger partial charge in [-0.05, 0) is 17.2 Å². The summed E-state index contributed by atoms with van der Waals surface area (Å²) in [4.78, 5) is 17.1. The van der Waals surface area contributed by atoms with E-state index in [4.69, 9.17) is 0 Å². The van der Waals surface area contributed by atoms with Gasteiger partial charge in [-0.1, -0.05) is 12.1 Å². The number of hydrogen-bond acceptors (Lipinski definition) is 4. The summed E-state index contributed by atoms with van der Waals surface area (Å²) < 4.78 is 0. The number of rotatable bonds is 3. The van der Waals surface area contributed by atoms with Gasteiger partial charge >= 0.3 is 0 Å². The summed E-state index contributed by atoms with van der Waals surface area (Å²) in [6.07, 6.45) is 2.22. The van der Waals surface area contributed by atoms with E-state index in [-0.39, 0.29) is 5.78 Å². The summed E-state index contributed by atoms with van der Waals surface area (Å²) in [7, 11) is 0. The van der Waals surface area contributed by atoms with Crippen molar-refractivity contribution < 1.29 is 4.79 Å². The van der Waals surface area contributed by atoms with Crippen molar-refractivity contribution in [3.63, 3.8) is 0 Å². The van der Waals surface area contributed by atoms with Crippen molar-refractivity contribution in [1.29, 1.82) is 0 Å². The third kappa shape index (κ3) is 2.14. The van der Waals surface area contributed by atoms with E-state index in [1.807, 2.05) is 12.1 Å². The van der Waals surface area contributed by atoms with Crippen molar-refractivity contribution >= 4 is 17.1 Å². The van der Waals surface area contributed by atoms with Gasteiger partial charge in [0.25, 0.3) is 0 Å². The summed E-state index contributed by atoms with van der Waals surface area (Å²) in [5, 5.41) is 3.28. The molecule has 0 saturated heterocycles. The van der Waals surface area contributed by atoms with Crippen molar-refractivity contribution in [2.45, 2.75) is 19.5 Å². The second-order valence-electron chi connectivity index (χ2n) is 4.15. The molecule has 86 valence electrons. The number of thiazole rings is 1. The van der Waals surface area contributed by atoms with Gasteiger partial charge in [0, 0.05) is 36.1 Å². The number of nitrogens with zero attached hydrogens (tertiary/aromatic N) is 1. The standard InChI is InChI=1S/C13H12N2OS/c16-13(4-12-7-15-8-17-12)9-1-2-10-5-14-6-11(10)3-9/h1-3,7-8,14H,4-6H2. The Kier molecular flexibility index (Phi) is 2.74. The lowest BCUT2D eigenvalue weighted by molar-refractivity contribution is 0.0993. The molecule has 0 unspecified atom stereocenters. The monoisotopic (exact) mass is 244 g/mol. The van der Waals surface area contributed by atoms with E-state index < -0.39 is 0 Å². The molecule has 4 heteroatoms. The van der Waals surface area contributed by atoms with Crippen molar-refractivity contribution in [2.24, 2.45) is 0 Å². The Labute approximate surface area is 104 Å². The Morgan fingerprint density at radius 2 is 2.24 bits per heavy atom. The molecule has 1 aliphatic rings. The van der Waals surface area contributed by atoms with Gasteiger partial charge in [-0.3, -0.25) is 9.78 Å². The highest BCUT2D eigenvalue weighted by Crippen LogP contribution is 2.18. The summed E-state index contributed by atoms with van der Waals surface area (Å²) in [5.41, 5.74) is 5.12. The first-order valence-electron chi connectivity index (χ1n) is 5.56. The fourth-order valence-electron chi connectivity index (χ4n) is 2.06. The van der Waals surface area contributed by atoms with E-state index >= 15 is 0 Å². The third-order valence-corrected chi connectivity index (χ3v) is 3.76. The first kappa shape index (κ1) is 10.6. The van der Waals surface area contributed by atoms with Crippen LogP contribution in [0.15, 0.2) is 29.9 Å². The zero-order valence-corrected chi connectivity index (χ0v) is 10.1. The molecule has 0 spiro atoms. The van der Waals surface area contributed by atoms with Crippen molar-refractivity contribution in [2.75, 3.05) is 0 Å². The van der Waals surface area contributed by atoms with Crippen LogP contribution in [0.25, 0.3) is 0 Å². The number of ketones is 1. The van der Waals surface area contributed by atoms with Crippen LogP contribution in [0.5, 0.6) is 0 Å². The van der Waals surface area contributed by atoms with Gasteiger partial charge in [0.1, 0.15) is 0 Å². The number of Topliss-reactive ketones (excluding diaryl/α,β-unsaturated/α-hetero) is 1. The van der Waals surface area contributed by atoms with E-state index in [0.29, 0.717) is 6.42 Å². The van der Waals surface area contributed by atoms with Gasteiger partial charge in [-0.2, -0.15) is 0 Å². The van der Waals surface area contributed by atoms with Crippen LogP contribution in [0.2, 0.25) is 0 Å². The topological polar surface area (TPSA) is 42.0 Å². The minimum Gasteiger partial charge on any atom is -0.309 e. The Balaban J connectivity index is 1.82. The number of benzene rings is 1. The molecule has 1 aliphatic heterocycles. The number of hydrogen-bond donors (Lipinski definition) is 1. The molecule has 0 saturated carbocycles. The molecule has 0 atom stereocenters. The van der Waals surface area contributed by atoms with Crippen LogP contribution < -0.4 is 5.32 Å². The lowest BCUT2D eigenvalue weighted by Gasteiger charge is -2.02. The lowest BCUT2D eigenvalue weighted by Crippen LogP contribution is -2.03. The van der Waals surface area contributed by atoms with Crippen LogP contribution in [0.4, 0.5) is 0 Å². The highest BCUT2D eigenvalue weighted by Gasteiger charge is 2.14. The first-order chi connectivity index (χ1) is 8.33. The molecule has 2 aromatic rings. The molecule has 1 N–H and O–H groups in total. The van der Waals surface area contributed by atoms with Crippen LogP contribution in [-0.2, 0) is 19.5 Å². The molecule has 0 radical (unpaired) electrons. The maximum atomic E-state index is 12.1. The molecule has 3 rings (SSSR count). The average molecular weight is 244 g/mol. The molecule has 1 aromatic heterocycles. The van der Waals surface area contributed by atoms with Crippen LogP contribution in [-0.4, -0.2) is 10.8 Å². The molecule has 2 heterocycles. The average Bonchev–Trinajstić information content (AvgIpc) is 2.97. The largest absolute Gasteiger partial charge is 0.309 e. The van der Waals surface area contributed by atoms with Gasteiger partial charge in [0.2, 0.25) is 0 Å². The highest BCUT2D eigenvalue weighted by atomic mass is 32.1. The first-order valence-corrected chi connectivity index (χ1v) is 6.44. The maximum absolute atomic E-state index is 12.1. The summed E-state index contributed by atoms with van der Waals surface area (Å²) in [5.74, 6) is 0.170. The Morgan fingerprint density at radius 1 is 1.35 bits per heavy atom. The third-order valence-electron chi connectivity index (χ3n) is 2.98. The Bertz CT molecular complexity index is 549. The number of carbonyl (C=O) groups is 1. The maximum Gasteiger partial charge on any atom is 0.168 e. The molecule has 0 amide bonds. The van der Waals surface area contributed by atoms with Crippen LogP contribution >= 0.6 is 11.3 Å². The second kappa shape index (κ2) is 4.39. The highest BCUT2D eigenvalue weighted by molar-refractivity contribution is 7.09. The molecule has 0 fully saturated rings. The summed E-state index contributed by atoms with van der Waals surface area (Å²) in [6, 6.07) is 5.99. The Hall–Kier alpha value is -1.52. The minimum absolute atomic E-state index is 0.170. The number of carbonyl (C=O) groups excluding carboxylic acids is 1. The Morgan fingerprint density at radius 3 is 3.06 bits per heavy atom. The smallest absolute Gasteiger partial charge is 0.168 e. The SMILES string of the molecule is O=C(Cc1cncs1)c1ccc2c(c1)CNC2. The second-order valence-corrected chi connectivity index (χ2v) is 5.13. The lowest BCUT2D eigenvalue weighted by atomic mass is 10.0. The predicted molar refractivity (Wildman–Crippen MR) is 67.1 cm³/mol. The normalized spacial score (nSPS) is 13.6. The zero-order chi connectivity index (χ0) is 11.7. The van der Waals surface area contributed by atoms with Crippen molar-refractivity contribution in [3.8, 4) is 0 Å². The van der Waals surface area contributed by atoms with E-state index in [0.717, 1.165) is 23.5 Å². The molecule has 0 aliphatic carbocycles. The molecule has 3 nitrogen and oxygen atoms in total. The molecular weight excluding hydrogens is 232 g/mol. The molecular formula is C13H12N2OS. The van der Waals surface area contributed by atoms with E-state index in [2.05, 4.69) is 16.4 Å². The van der Waals surface area contributed by atoms with Crippen LogP contribution in [0.1, 0.15) is 26.4 Å². The van der Waals surface area contributed by atoms with Gasteiger partial charge in [0.15, 0.2) is 5.78 Å². The molecule has 1 aromatic carbocycles. The van der Waals surface area contributed by atoms with E-state index in [9.17, 15) is 4.79 Å². The van der Waals surface area contributed by atoms with Gasteiger partial charge < -0.3 is 5.32 Å². The van der Waals surface area contributed by atoms with Crippen molar-refractivity contribution in [3.05, 3.63) is 51.5 Å². The molecule has 17 heavy (non-hydrogen) atoms. The minimum atomic E-state index is 0.170.